The fraction of sp³-hybridized carbons (Fsp3) is 0.0455. The zero-order valence-corrected chi connectivity index (χ0v) is 16.9. The molecule has 1 aromatic carbocycles. The molecule has 7 nitrogen and oxygen atoms in total. The first-order valence-corrected chi connectivity index (χ1v) is 10.4. The first-order valence-electron chi connectivity index (χ1n) is 9.61. The third-order valence-electron chi connectivity index (χ3n) is 5.34. The first-order chi connectivity index (χ1) is 15.2. The van der Waals surface area contributed by atoms with Gasteiger partial charge in [-0.05, 0) is 35.9 Å². The molecular weight excluding hydrogens is 413 g/mol. The highest BCUT2D eigenvalue weighted by atomic mass is 32.1. The number of thiophene rings is 1. The fourth-order valence-corrected chi connectivity index (χ4v) is 4.64. The van der Waals surface area contributed by atoms with Gasteiger partial charge in [-0.1, -0.05) is 6.07 Å². The Hall–Kier alpha value is -3.98. The van der Waals surface area contributed by atoms with Crippen molar-refractivity contribution in [2.45, 2.75) is 6.17 Å². The van der Waals surface area contributed by atoms with E-state index in [9.17, 15) is 4.39 Å². The molecule has 0 radical (unpaired) electrons. The van der Waals surface area contributed by atoms with Crippen LogP contribution in [-0.4, -0.2) is 20.2 Å². The lowest BCUT2D eigenvalue weighted by atomic mass is 10.0. The van der Waals surface area contributed by atoms with Crippen LogP contribution in [0.2, 0.25) is 0 Å². The molecule has 0 spiro atoms. The van der Waals surface area contributed by atoms with E-state index in [0.29, 0.717) is 5.69 Å². The minimum absolute atomic E-state index is 0.224. The highest BCUT2D eigenvalue weighted by Gasteiger charge is 2.27. The summed E-state index contributed by atoms with van der Waals surface area (Å²) in [7, 11) is 0. The summed E-state index contributed by atoms with van der Waals surface area (Å²) in [6.45, 7) is 0. The van der Waals surface area contributed by atoms with Gasteiger partial charge in [-0.3, -0.25) is 15.1 Å². The van der Waals surface area contributed by atoms with E-state index in [1.807, 2.05) is 18.2 Å². The van der Waals surface area contributed by atoms with E-state index >= 15 is 0 Å². The van der Waals surface area contributed by atoms with Crippen LogP contribution in [-0.2, 0) is 0 Å². The fourth-order valence-electron chi connectivity index (χ4n) is 3.90. The van der Waals surface area contributed by atoms with Crippen LogP contribution in [0.15, 0.2) is 61.2 Å². The highest BCUT2D eigenvalue weighted by Crippen LogP contribution is 2.44. The summed E-state index contributed by atoms with van der Waals surface area (Å²) in [5, 5.41) is 15.3. The number of aromatic nitrogens is 4. The maximum absolute atomic E-state index is 13.6. The number of anilines is 3. The number of hydrogen-bond donors (Lipinski definition) is 4. The van der Waals surface area contributed by atoms with Crippen molar-refractivity contribution < 1.29 is 4.39 Å². The van der Waals surface area contributed by atoms with E-state index in [1.165, 1.54) is 6.07 Å². The Balaban J connectivity index is 1.39. The van der Waals surface area contributed by atoms with Gasteiger partial charge in [0.1, 0.15) is 6.17 Å². The van der Waals surface area contributed by atoms with Crippen LogP contribution >= 0.6 is 11.3 Å². The summed E-state index contributed by atoms with van der Waals surface area (Å²) in [6.07, 6.45) is 6.69. The van der Waals surface area contributed by atoms with Crippen LogP contribution in [0.3, 0.4) is 0 Å². The van der Waals surface area contributed by atoms with Gasteiger partial charge in [0.05, 0.1) is 34.5 Å². The molecule has 5 N–H and O–H groups in total. The molecule has 6 rings (SSSR count). The SMILES string of the molecule is Nc1cncc(-c2ccc3n[nH]c(C4Nc5cncc(-c6ccc(F)s6)c5N4)c3c2)c1. The van der Waals surface area contributed by atoms with Crippen molar-refractivity contribution in [2.75, 3.05) is 16.4 Å². The molecule has 0 saturated heterocycles. The van der Waals surface area contributed by atoms with Crippen LogP contribution in [0.25, 0.3) is 32.5 Å². The zero-order valence-electron chi connectivity index (χ0n) is 16.1. The average Bonchev–Trinajstić information content (AvgIpc) is 3.50. The normalized spacial score (nSPS) is 14.9. The Morgan fingerprint density at radius 2 is 1.84 bits per heavy atom. The molecule has 152 valence electrons. The lowest BCUT2D eigenvalue weighted by Crippen LogP contribution is -2.13. The summed E-state index contributed by atoms with van der Waals surface area (Å²) < 4.78 is 13.6. The third-order valence-corrected chi connectivity index (χ3v) is 6.25. The predicted molar refractivity (Wildman–Crippen MR) is 121 cm³/mol. The Morgan fingerprint density at radius 1 is 0.935 bits per heavy atom. The van der Waals surface area contributed by atoms with E-state index in [-0.39, 0.29) is 11.3 Å². The molecule has 0 amide bonds. The average molecular weight is 429 g/mol. The number of nitrogen functional groups attached to an aromatic ring is 1. The molecule has 0 fully saturated rings. The minimum Gasteiger partial charge on any atom is -0.397 e. The molecule has 9 heteroatoms. The second-order valence-electron chi connectivity index (χ2n) is 7.31. The molecule has 1 aliphatic heterocycles. The monoisotopic (exact) mass is 429 g/mol. The molecule has 0 aliphatic carbocycles. The third kappa shape index (κ3) is 2.98. The van der Waals surface area contributed by atoms with E-state index in [4.69, 9.17) is 5.73 Å². The lowest BCUT2D eigenvalue weighted by Gasteiger charge is -2.12. The van der Waals surface area contributed by atoms with Crippen LogP contribution in [0.1, 0.15) is 11.9 Å². The van der Waals surface area contributed by atoms with E-state index in [2.05, 4.69) is 36.9 Å². The number of nitrogens with two attached hydrogens (primary N) is 1. The van der Waals surface area contributed by atoms with Gasteiger partial charge in [0.15, 0.2) is 5.13 Å². The maximum atomic E-state index is 13.6. The molecule has 4 aromatic heterocycles. The van der Waals surface area contributed by atoms with Gasteiger partial charge in [0.25, 0.3) is 0 Å². The summed E-state index contributed by atoms with van der Waals surface area (Å²) in [5.74, 6) is 0. The number of H-pyrrole nitrogens is 1. The Bertz CT molecular complexity index is 1440. The lowest BCUT2D eigenvalue weighted by molar-refractivity contribution is 0.657. The molecule has 1 aliphatic rings. The summed E-state index contributed by atoms with van der Waals surface area (Å²) >= 11 is 1.10. The number of nitrogens with one attached hydrogen (secondary N) is 3. The molecule has 31 heavy (non-hydrogen) atoms. The number of nitrogens with zero attached hydrogens (tertiary/aromatic N) is 3. The summed E-state index contributed by atoms with van der Waals surface area (Å²) in [5.41, 5.74) is 12.8. The van der Waals surface area contributed by atoms with Crippen LogP contribution < -0.4 is 16.4 Å². The van der Waals surface area contributed by atoms with Crippen LogP contribution in [0, 0.1) is 5.13 Å². The van der Waals surface area contributed by atoms with E-state index in [1.54, 1.807) is 30.9 Å². The number of aromatic amines is 1. The van der Waals surface area contributed by atoms with Gasteiger partial charge in [-0.25, -0.2) is 0 Å². The quantitative estimate of drug-likeness (QED) is 0.322. The molecule has 5 heterocycles. The Morgan fingerprint density at radius 3 is 2.68 bits per heavy atom. The van der Waals surface area contributed by atoms with Gasteiger partial charge in [0.2, 0.25) is 0 Å². The van der Waals surface area contributed by atoms with E-state index in [0.717, 1.165) is 60.9 Å². The molecule has 0 saturated carbocycles. The van der Waals surface area contributed by atoms with Crippen molar-refractivity contribution in [3.8, 4) is 21.6 Å². The summed E-state index contributed by atoms with van der Waals surface area (Å²) in [4.78, 5) is 9.33. The maximum Gasteiger partial charge on any atom is 0.176 e. The van der Waals surface area contributed by atoms with Crippen molar-refractivity contribution >= 4 is 39.3 Å². The molecular formula is C22H16FN7S. The predicted octanol–water partition coefficient (Wildman–Crippen LogP) is 5.01. The van der Waals surface area contributed by atoms with Crippen molar-refractivity contribution in [3.63, 3.8) is 0 Å². The largest absolute Gasteiger partial charge is 0.397 e. The van der Waals surface area contributed by atoms with E-state index < -0.39 is 0 Å². The Kier molecular flexibility index (Phi) is 3.90. The number of rotatable bonds is 3. The van der Waals surface area contributed by atoms with Crippen molar-refractivity contribution in [1.29, 1.82) is 0 Å². The topological polar surface area (TPSA) is 105 Å². The first kappa shape index (κ1) is 17.8. The van der Waals surface area contributed by atoms with Crippen molar-refractivity contribution in [1.82, 2.24) is 20.2 Å². The molecule has 1 atom stereocenters. The van der Waals surface area contributed by atoms with Gasteiger partial charge < -0.3 is 16.4 Å². The summed E-state index contributed by atoms with van der Waals surface area (Å²) in [6, 6.07) is 11.2. The number of pyridine rings is 2. The minimum atomic E-state index is -0.234. The highest BCUT2D eigenvalue weighted by molar-refractivity contribution is 7.14. The van der Waals surface area contributed by atoms with Crippen molar-refractivity contribution in [3.05, 3.63) is 72.0 Å². The van der Waals surface area contributed by atoms with Gasteiger partial charge in [-0.15, -0.1) is 11.3 Å². The number of hydrogen-bond acceptors (Lipinski definition) is 7. The van der Waals surface area contributed by atoms with Gasteiger partial charge in [-0.2, -0.15) is 9.49 Å². The van der Waals surface area contributed by atoms with Crippen molar-refractivity contribution in [2.24, 2.45) is 0 Å². The number of fused-ring (bicyclic) bond motifs is 2. The number of halogens is 1. The second-order valence-corrected chi connectivity index (χ2v) is 8.35. The van der Waals surface area contributed by atoms with Gasteiger partial charge in [0, 0.05) is 40.0 Å². The van der Waals surface area contributed by atoms with Crippen LogP contribution in [0.5, 0.6) is 0 Å². The Labute approximate surface area is 180 Å². The number of benzene rings is 1. The van der Waals surface area contributed by atoms with Gasteiger partial charge >= 0.3 is 0 Å². The second kappa shape index (κ2) is 6.78. The molecule has 0 bridgehead atoms. The molecule has 5 aromatic rings. The standard InChI is InChI=1S/C22H16FN7S/c23-19-4-3-18(31-19)15-9-26-10-17-20(15)28-22(27-17)21-14-6-11(1-2-16(14)29-30-21)12-5-13(24)8-25-7-12/h1-10,22,27-28H,24H2,(H,29,30). The molecule has 1 unspecified atom stereocenters. The zero-order chi connectivity index (χ0) is 20.9. The smallest absolute Gasteiger partial charge is 0.176 e. The van der Waals surface area contributed by atoms with Crippen LogP contribution in [0.4, 0.5) is 21.5 Å².